The van der Waals surface area contributed by atoms with Crippen LogP contribution in [0, 0.1) is 5.82 Å². The molecule has 1 heterocycles. The molecule has 0 aromatic heterocycles. The smallest absolute Gasteiger partial charge is 0.261 e. The monoisotopic (exact) mass is 362 g/mol. The average molecular weight is 363 g/mol. The summed E-state index contributed by atoms with van der Waals surface area (Å²) in [5.41, 5.74) is 0.862. The van der Waals surface area contributed by atoms with Crippen molar-refractivity contribution in [1.82, 2.24) is 10.6 Å². The van der Waals surface area contributed by atoms with E-state index in [1.165, 1.54) is 18.2 Å². The minimum Gasteiger partial charge on any atom is -0.480 e. The molecule has 0 radical (unpaired) electrons. The van der Waals surface area contributed by atoms with Crippen LogP contribution in [0.5, 0.6) is 5.75 Å². The van der Waals surface area contributed by atoms with Gasteiger partial charge in [0.1, 0.15) is 11.6 Å². The maximum Gasteiger partial charge on any atom is 0.261 e. The number of hydrogen-bond acceptors (Lipinski definition) is 3. The van der Waals surface area contributed by atoms with Crippen molar-refractivity contribution in [1.29, 1.82) is 0 Å². The van der Waals surface area contributed by atoms with Crippen molar-refractivity contribution < 1.29 is 18.7 Å². The van der Waals surface area contributed by atoms with Crippen LogP contribution < -0.4 is 15.4 Å². The van der Waals surface area contributed by atoms with Crippen molar-refractivity contribution in [3.8, 4) is 5.75 Å². The highest BCUT2D eigenvalue weighted by Crippen LogP contribution is 2.31. The van der Waals surface area contributed by atoms with Gasteiger partial charge in [0.15, 0.2) is 6.10 Å². The molecule has 0 spiro atoms. The van der Waals surface area contributed by atoms with Gasteiger partial charge in [-0.25, -0.2) is 4.39 Å². The topological polar surface area (TPSA) is 67.4 Å². The summed E-state index contributed by atoms with van der Waals surface area (Å²) in [6, 6.07) is 10.9. The molecule has 2 amide bonds. The lowest BCUT2D eigenvalue weighted by molar-refractivity contribution is -0.127. The Kier molecular flexibility index (Phi) is 5.19. The second-order valence-electron chi connectivity index (χ2n) is 5.59. The fourth-order valence-electron chi connectivity index (χ4n) is 2.58. The predicted molar refractivity (Wildman–Crippen MR) is 91.3 cm³/mol. The van der Waals surface area contributed by atoms with E-state index in [9.17, 15) is 14.0 Å². The number of rotatable bonds is 5. The van der Waals surface area contributed by atoms with Crippen LogP contribution in [-0.2, 0) is 11.2 Å². The third kappa shape index (κ3) is 4.09. The number of benzene rings is 2. The van der Waals surface area contributed by atoms with E-state index in [-0.39, 0.29) is 24.6 Å². The van der Waals surface area contributed by atoms with Gasteiger partial charge in [0, 0.05) is 24.5 Å². The normalized spacial score (nSPS) is 15.2. The van der Waals surface area contributed by atoms with Crippen molar-refractivity contribution >= 4 is 23.4 Å². The lowest BCUT2D eigenvalue weighted by Crippen LogP contribution is -2.41. The zero-order valence-corrected chi connectivity index (χ0v) is 14.0. The number of carbonyl (C=O) groups excluding carboxylic acids is 2. The molecular formula is C18H16ClFN2O3. The molecule has 3 rings (SSSR count). The van der Waals surface area contributed by atoms with Crippen LogP contribution in [0.3, 0.4) is 0 Å². The molecular weight excluding hydrogens is 347 g/mol. The van der Waals surface area contributed by atoms with Gasteiger partial charge in [-0.3, -0.25) is 9.59 Å². The molecule has 5 nitrogen and oxygen atoms in total. The molecule has 0 bridgehead atoms. The summed E-state index contributed by atoms with van der Waals surface area (Å²) in [7, 11) is 0. The van der Waals surface area contributed by atoms with Crippen molar-refractivity contribution in [3.05, 3.63) is 64.4 Å². The quantitative estimate of drug-likeness (QED) is 0.802. The van der Waals surface area contributed by atoms with Crippen LogP contribution in [0.1, 0.15) is 15.9 Å². The number of amides is 2. The zero-order valence-electron chi connectivity index (χ0n) is 13.2. The Balaban J connectivity index is 1.43. The minimum absolute atomic E-state index is 0.0275. The Labute approximate surface area is 149 Å². The van der Waals surface area contributed by atoms with Crippen molar-refractivity contribution in [3.63, 3.8) is 0 Å². The van der Waals surface area contributed by atoms with Gasteiger partial charge in [0.25, 0.3) is 11.8 Å². The number of nitrogens with one attached hydrogen (secondary N) is 2. The third-order valence-corrected chi connectivity index (χ3v) is 4.05. The molecule has 1 unspecified atom stereocenters. The Hall–Kier alpha value is -2.60. The summed E-state index contributed by atoms with van der Waals surface area (Å²) < 4.78 is 19.1. The van der Waals surface area contributed by atoms with Crippen LogP contribution in [0.25, 0.3) is 0 Å². The average Bonchev–Trinajstić information content (AvgIpc) is 3.02. The van der Waals surface area contributed by atoms with Gasteiger partial charge in [-0.2, -0.15) is 0 Å². The van der Waals surface area contributed by atoms with Gasteiger partial charge in [0.05, 0.1) is 5.56 Å². The van der Waals surface area contributed by atoms with Gasteiger partial charge < -0.3 is 15.4 Å². The number of hydrogen-bond donors (Lipinski definition) is 2. The maximum absolute atomic E-state index is 13.5. The second kappa shape index (κ2) is 7.53. The predicted octanol–water partition coefficient (Wildman–Crippen LogP) is 2.33. The zero-order chi connectivity index (χ0) is 17.8. The minimum atomic E-state index is -0.615. The second-order valence-corrected chi connectivity index (χ2v) is 6.03. The van der Waals surface area contributed by atoms with Gasteiger partial charge in [0.2, 0.25) is 0 Å². The molecule has 25 heavy (non-hydrogen) atoms. The first-order valence-corrected chi connectivity index (χ1v) is 8.18. The van der Waals surface area contributed by atoms with E-state index in [4.69, 9.17) is 16.3 Å². The van der Waals surface area contributed by atoms with E-state index in [0.29, 0.717) is 17.2 Å². The molecule has 0 aliphatic carbocycles. The van der Waals surface area contributed by atoms with Crippen LogP contribution in [-0.4, -0.2) is 31.0 Å². The molecule has 2 N–H and O–H groups in total. The number of halogens is 2. The van der Waals surface area contributed by atoms with E-state index in [0.717, 1.165) is 5.56 Å². The highest BCUT2D eigenvalue weighted by Gasteiger charge is 2.28. The molecule has 1 atom stereocenters. The lowest BCUT2D eigenvalue weighted by Gasteiger charge is -2.12. The van der Waals surface area contributed by atoms with E-state index < -0.39 is 17.8 Å². The molecule has 7 heteroatoms. The summed E-state index contributed by atoms with van der Waals surface area (Å²) in [6.45, 7) is 0.403. The van der Waals surface area contributed by atoms with Crippen LogP contribution in [0.4, 0.5) is 4.39 Å². The maximum atomic E-state index is 13.5. The number of carbonyl (C=O) groups is 2. The van der Waals surface area contributed by atoms with Crippen molar-refractivity contribution in [2.75, 3.05) is 13.1 Å². The standard InChI is InChI=1S/C18H16ClFN2O3/c19-12-5-6-15-11(9-12)10-16(25-15)18(24)22-8-7-21-17(23)13-3-1-2-4-14(13)20/h1-6,9,16H,7-8,10H2,(H,21,23)(H,22,24). The van der Waals surface area contributed by atoms with E-state index in [1.54, 1.807) is 24.3 Å². The summed E-state index contributed by atoms with van der Waals surface area (Å²) >= 11 is 5.92. The molecule has 1 aliphatic heterocycles. The highest BCUT2D eigenvalue weighted by atomic mass is 35.5. The van der Waals surface area contributed by atoms with Crippen LogP contribution >= 0.6 is 11.6 Å². The van der Waals surface area contributed by atoms with E-state index in [1.807, 2.05) is 0 Å². The first-order valence-electron chi connectivity index (χ1n) is 7.80. The Morgan fingerprint density at radius 2 is 1.92 bits per heavy atom. The molecule has 0 fully saturated rings. The number of fused-ring (bicyclic) bond motifs is 1. The Morgan fingerprint density at radius 3 is 2.72 bits per heavy atom. The first kappa shape index (κ1) is 17.2. The van der Waals surface area contributed by atoms with Gasteiger partial charge in [-0.1, -0.05) is 23.7 Å². The summed E-state index contributed by atoms with van der Waals surface area (Å²) in [5.74, 6) is -0.726. The van der Waals surface area contributed by atoms with E-state index >= 15 is 0 Å². The summed E-state index contributed by atoms with van der Waals surface area (Å²) in [4.78, 5) is 24.0. The summed E-state index contributed by atoms with van der Waals surface area (Å²) in [6.07, 6.45) is -0.167. The first-order chi connectivity index (χ1) is 12.0. The lowest BCUT2D eigenvalue weighted by atomic mass is 10.1. The SMILES string of the molecule is O=C(NCCNC(=O)C1Cc2cc(Cl)ccc2O1)c1ccccc1F. The summed E-state index contributed by atoms with van der Waals surface area (Å²) in [5, 5.41) is 5.85. The van der Waals surface area contributed by atoms with Crippen molar-refractivity contribution in [2.45, 2.75) is 12.5 Å². The largest absolute Gasteiger partial charge is 0.480 e. The molecule has 130 valence electrons. The van der Waals surface area contributed by atoms with Gasteiger partial charge >= 0.3 is 0 Å². The van der Waals surface area contributed by atoms with Crippen LogP contribution in [0.15, 0.2) is 42.5 Å². The van der Waals surface area contributed by atoms with Gasteiger partial charge in [-0.15, -0.1) is 0 Å². The molecule has 0 saturated carbocycles. The van der Waals surface area contributed by atoms with Gasteiger partial charge in [-0.05, 0) is 35.9 Å². The van der Waals surface area contributed by atoms with Crippen molar-refractivity contribution in [2.24, 2.45) is 0 Å². The fraction of sp³-hybridized carbons (Fsp3) is 0.222. The highest BCUT2D eigenvalue weighted by molar-refractivity contribution is 6.30. The number of ether oxygens (including phenoxy) is 1. The fourth-order valence-corrected chi connectivity index (χ4v) is 2.77. The molecule has 0 saturated heterocycles. The van der Waals surface area contributed by atoms with E-state index in [2.05, 4.69) is 10.6 Å². The molecule has 1 aliphatic rings. The Bertz CT molecular complexity index is 813. The third-order valence-electron chi connectivity index (χ3n) is 3.82. The molecule has 2 aromatic carbocycles. The molecule has 2 aromatic rings. The van der Waals surface area contributed by atoms with Crippen LogP contribution in [0.2, 0.25) is 5.02 Å². The Morgan fingerprint density at radius 1 is 1.16 bits per heavy atom.